The number of piperidine rings is 1. The van der Waals surface area contributed by atoms with E-state index in [2.05, 4.69) is 34.5 Å². The third-order valence-electron chi connectivity index (χ3n) is 7.54. The van der Waals surface area contributed by atoms with Crippen LogP contribution in [-0.4, -0.2) is 29.9 Å². The van der Waals surface area contributed by atoms with Gasteiger partial charge in [-0.3, -0.25) is 4.79 Å². The summed E-state index contributed by atoms with van der Waals surface area (Å²) >= 11 is 0. The van der Waals surface area contributed by atoms with Gasteiger partial charge in [0.05, 0.1) is 0 Å². The molecule has 0 radical (unpaired) electrons. The van der Waals surface area contributed by atoms with Crippen LogP contribution in [0.5, 0.6) is 0 Å². The molecule has 1 aromatic rings. The highest BCUT2D eigenvalue weighted by molar-refractivity contribution is 5.80. The molecular formula is C23H32N2O. The molecule has 26 heavy (non-hydrogen) atoms. The summed E-state index contributed by atoms with van der Waals surface area (Å²) in [6, 6.07) is 9.87. The number of hydrogen-bond acceptors (Lipinski definition) is 2. The molecule has 0 spiro atoms. The predicted molar refractivity (Wildman–Crippen MR) is 104 cm³/mol. The Morgan fingerprint density at radius 1 is 1.04 bits per heavy atom. The fourth-order valence-corrected chi connectivity index (χ4v) is 5.86. The predicted octanol–water partition coefficient (Wildman–Crippen LogP) is 4.08. The van der Waals surface area contributed by atoms with Gasteiger partial charge in [-0.25, -0.2) is 0 Å². The van der Waals surface area contributed by atoms with Gasteiger partial charge in [0, 0.05) is 18.5 Å². The van der Waals surface area contributed by atoms with E-state index < -0.39 is 0 Å². The maximum atomic E-state index is 11.9. The van der Waals surface area contributed by atoms with Gasteiger partial charge in [0.25, 0.3) is 0 Å². The van der Waals surface area contributed by atoms with Crippen molar-refractivity contribution in [2.75, 3.05) is 13.1 Å². The van der Waals surface area contributed by atoms with E-state index in [0.29, 0.717) is 18.4 Å². The summed E-state index contributed by atoms with van der Waals surface area (Å²) in [6.07, 6.45) is 10.7. The van der Waals surface area contributed by atoms with Crippen molar-refractivity contribution in [2.24, 2.45) is 17.8 Å². The van der Waals surface area contributed by atoms with E-state index >= 15 is 0 Å². The lowest BCUT2D eigenvalue weighted by molar-refractivity contribution is -0.122. The summed E-state index contributed by atoms with van der Waals surface area (Å²) in [5, 5.41) is 3.10. The van der Waals surface area contributed by atoms with Crippen LogP contribution in [-0.2, 0) is 11.3 Å². The van der Waals surface area contributed by atoms with E-state index in [4.69, 9.17) is 0 Å². The van der Waals surface area contributed by atoms with Gasteiger partial charge >= 0.3 is 0 Å². The highest BCUT2D eigenvalue weighted by Crippen LogP contribution is 2.47. The zero-order chi connectivity index (χ0) is 17.5. The van der Waals surface area contributed by atoms with Gasteiger partial charge in [-0.05, 0) is 86.9 Å². The summed E-state index contributed by atoms with van der Waals surface area (Å²) in [5.41, 5.74) is 2.74. The van der Waals surface area contributed by atoms with Gasteiger partial charge in [0.15, 0.2) is 0 Å². The highest BCUT2D eigenvalue weighted by atomic mass is 16.2. The zero-order valence-corrected chi connectivity index (χ0v) is 15.8. The van der Waals surface area contributed by atoms with Crippen LogP contribution in [0.3, 0.4) is 0 Å². The van der Waals surface area contributed by atoms with Gasteiger partial charge in [0.1, 0.15) is 0 Å². The third-order valence-corrected chi connectivity index (χ3v) is 7.54. The minimum absolute atomic E-state index is 0.245. The number of carbonyl (C=O) groups is 1. The zero-order valence-electron chi connectivity index (χ0n) is 15.8. The van der Waals surface area contributed by atoms with Crippen molar-refractivity contribution in [1.29, 1.82) is 0 Å². The van der Waals surface area contributed by atoms with Gasteiger partial charge in [-0.15, -0.1) is 0 Å². The molecule has 1 amide bonds. The lowest BCUT2D eigenvalue weighted by Gasteiger charge is -2.39. The van der Waals surface area contributed by atoms with Crippen LogP contribution in [0.15, 0.2) is 24.3 Å². The molecule has 1 N–H and O–H groups in total. The molecule has 2 bridgehead atoms. The molecular weight excluding hydrogens is 320 g/mol. The standard InChI is InChI=1S/C23H32N2O/c26-23(19-6-7-19)24-15-17-2-1-3-20(13-17)18-8-10-25(11-9-18)22-14-16-4-5-21(22)12-16/h1-3,13,16,18-19,21-22H,4-12,14-15H2,(H,24,26). The first kappa shape index (κ1) is 16.8. The molecule has 1 saturated heterocycles. The summed E-state index contributed by atoms with van der Waals surface area (Å²) < 4.78 is 0. The molecule has 3 aliphatic carbocycles. The molecule has 3 nitrogen and oxygen atoms in total. The van der Waals surface area contributed by atoms with Gasteiger partial charge in [-0.2, -0.15) is 0 Å². The molecule has 4 aliphatic rings. The van der Waals surface area contributed by atoms with Crippen LogP contribution < -0.4 is 5.32 Å². The molecule has 3 heteroatoms. The fraction of sp³-hybridized carbons (Fsp3) is 0.696. The Hall–Kier alpha value is -1.35. The first-order chi connectivity index (χ1) is 12.8. The maximum absolute atomic E-state index is 11.9. The minimum atomic E-state index is 0.245. The van der Waals surface area contributed by atoms with E-state index in [1.54, 1.807) is 0 Å². The lowest BCUT2D eigenvalue weighted by Crippen LogP contribution is -2.43. The average molecular weight is 353 g/mol. The van der Waals surface area contributed by atoms with E-state index in [0.717, 1.165) is 30.7 Å². The van der Waals surface area contributed by atoms with Crippen LogP contribution in [0, 0.1) is 17.8 Å². The summed E-state index contributed by atoms with van der Waals surface area (Å²) in [7, 11) is 0. The summed E-state index contributed by atoms with van der Waals surface area (Å²) in [5.74, 6) is 3.30. The summed E-state index contributed by atoms with van der Waals surface area (Å²) in [4.78, 5) is 14.7. The van der Waals surface area contributed by atoms with E-state index in [1.807, 2.05) is 0 Å². The van der Waals surface area contributed by atoms with E-state index in [1.165, 1.54) is 62.7 Å². The van der Waals surface area contributed by atoms with E-state index in [9.17, 15) is 4.79 Å². The van der Waals surface area contributed by atoms with Crippen molar-refractivity contribution >= 4 is 5.91 Å². The second kappa shape index (κ2) is 6.99. The monoisotopic (exact) mass is 352 g/mol. The first-order valence-electron chi connectivity index (χ1n) is 10.9. The number of benzene rings is 1. The van der Waals surface area contributed by atoms with Crippen LogP contribution >= 0.6 is 0 Å². The number of amides is 1. The minimum Gasteiger partial charge on any atom is -0.352 e. The lowest BCUT2D eigenvalue weighted by atomic mass is 9.86. The maximum Gasteiger partial charge on any atom is 0.223 e. The number of carbonyl (C=O) groups excluding carboxylic acids is 1. The van der Waals surface area contributed by atoms with Crippen molar-refractivity contribution in [3.63, 3.8) is 0 Å². The smallest absolute Gasteiger partial charge is 0.223 e. The highest BCUT2D eigenvalue weighted by Gasteiger charge is 2.42. The van der Waals surface area contributed by atoms with Gasteiger partial charge in [-0.1, -0.05) is 30.7 Å². The molecule has 4 fully saturated rings. The van der Waals surface area contributed by atoms with E-state index in [-0.39, 0.29) is 5.91 Å². The topological polar surface area (TPSA) is 32.3 Å². The van der Waals surface area contributed by atoms with Crippen LogP contribution in [0.25, 0.3) is 0 Å². The molecule has 140 valence electrons. The SMILES string of the molecule is O=C(NCc1cccc(C2CCN(C3CC4CCC3C4)CC2)c1)C1CC1. The Kier molecular flexibility index (Phi) is 4.52. The number of rotatable bonds is 5. The van der Waals surface area contributed by atoms with Crippen LogP contribution in [0.4, 0.5) is 0 Å². The second-order valence-corrected chi connectivity index (χ2v) is 9.29. The number of likely N-dealkylation sites (tertiary alicyclic amines) is 1. The van der Waals surface area contributed by atoms with Gasteiger partial charge < -0.3 is 10.2 Å². The largest absolute Gasteiger partial charge is 0.352 e. The molecule has 3 unspecified atom stereocenters. The first-order valence-corrected chi connectivity index (χ1v) is 10.9. The van der Waals surface area contributed by atoms with Crippen molar-refractivity contribution < 1.29 is 4.79 Å². The third kappa shape index (κ3) is 3.43. The molecule has 1 heterocycles. The Bertz CT molecular complexity index is 660. The van der Waals surface area contributed by atoms with Crippen LogP contribution in [0.2, 0.25) is 0 Å². The summed E-state index contributed by atoms with van der Waals surface area (Å²) in [6.45, 7) is 3.25. The van der Waals surface area contributed by atoms with Gasteiger partial charge in [0.2, 0.25) is 5.91 Å². The quantitative estimate of drug-likeness (QED) is 0.866. The molecule has 1 aliphatic heterocycles. The average Bonchev–Trinajstić information content (AvgIpc) is 3.33. The Balaban J connectivity index is 1.16. The molecule has 5 rings (SSSR count). The Morgan fingerprint density at radius 3 is 2.58 bits per heavy atom. The van der Waals surface area contributed by atoms with Crippen molar-refractivity contribution in [3.05, 3.63) is 35.4 Å². The number of nitrogens with zero attached hydrogens (tertiary/aromatic N) is 1. The molecule has 3 saturated carbocycles. The molecule has 3 atom stereocenters. The normalized spacial score (nSPS) is 32.1. The van der Waals surface area contributed by atoms with Crippen molar-refractivity contribution in [1.82, 2.24) is 10.2 Å². The second-order valence-electron chi connectivity index (χ2n) is 9.29. The van der Waals surface area contributed by atoms with Crippen LogP contribution in [0.1, 0.15) is 68.4 Å². The molecule has 1 aromatic carbocycles. The van der Waals surface area contributed by atoms with Crippen molar-refractivity contribution in [3.8, 4) is 0 Å². The number of hydrogen-bond donors (Lipinski definition) is 1. The Labute approximate surface area is 157 Å². The fourth-order valence-electron chi connectivity index (χ4n) is 5.86. The number of nitrogens with one attached hydrogen (secondary N) is 1. The Morgan fingerprint density at radius 2 is 1.88 bits per heavy atom. The molecule has 0 aromatic heterocycles. The number of fused-ring (bicyclic) bond motifs is 2. The van der Waals surface area contributed by atoms with Crippen molar-refractivity contribution in [2.45, 2.75) is 69.9 Å².